The number of nitrogens with zero attached hydrogens (tertiary/aromatic N) is 12. The number of rotatable bonds is 18. The predicted molar refractivity (Wildman–Crippen MR) is 401 cm³/mol. The van der Waals surface area contributed by atoms with E-state index in [9.17, 15) is 44.7 Å². The van der Waals surface area contributed by atoms with Gasteiger partial charge >= 0.3 is 243 Å². The van der Waals surface area contributed by atoms with E-state index in [2.05, 4.69) is 43.1 Å². The number of nitrogens with two attached hydrogens (primary N) is 3. The molecule has 6 aromatic rings. The number of methoxy groups -OCH3 is 3. The van der Waals surface area contributed by atoms with Crippen LogP contribution in [0.25, 0.3) is 0 Å². The van der Waals surface area contributed by atoms with E-state index < -0.39 is 67.6 Å². The molecule has 542 valence electrons. The predicted octanol–water partition coefficient (Wildman–Crippen LogP) is 8.46. The number of amides is 3. The van der Waals surface area contributed by atoms with Crippen LogP contribution in [0.4, 0.5) is 66.4 Å². The summed E-state index contributed by atoms with van der Waals surface area (Å²) in [5, 5.41) is 35.1. The van der Waals surface area contributed by atoms with Crippen molar-refractivity contribution in [2.45, 2.75) is 70.1 Å². The van der Waals surface area contributed by atoms with Gasteiger partial charge < -0.3 is 74.0 Å². The molecule has 2 aliphatic heterocycles. The Labute approximate surface area is 745 Å². The average molecular weight is 1620 g/mol. The number of ether oxygens (including phenoxy) is 12. The van der Waals surface area contributed by atoms with Crippen molar-refractivity contribution in [3.05, 3.63) is 151 Å². The first kappa shape index (κ1) is 104. The van der Waals surface area contributed by atoms with Crippen LogP contribution in [0.5, 0.6) is 52.5 Å². The number of nitrogen functional groups attached to an aromatic ring is 3. The first-order valence-corrected chi connectivity index (χ1v) is 79.3. The van der Waals surface area contributed by atoms with Crippen molar-refractivity contribution in [1.29, 1.82) is 0 Å². The zero-order chi connectivity index (χ0) is 75.1. The van der Waals surface area contributed by atoms with Crippen LogP contribution in [0.3, 0.4) is 0 Å². The normalized spacial score (nSPS) is 11.9. The van der Waals surface area contributed by atoms with E-state index in [-0.39, 0.29) is 144 Å². The maximum atomic E-state index is 12.8. The molecule has 42 heteroatoms. The monoisotopic (exact) mass is 1620 g/mol. The van der Waals surface area contributed by atoms with Crippen LogP contribution in [0.2, 0.25) is 0 Å². The second-order valence-corrected chi connectivity index (χ2v) is 18.8. The van der Waals surface area contributed by atoms with Gasteiger partial charge in [0.25, 0.3) is 0 Å². The topological polar surface area (TPSA) is 457 Å². The molecule has 6 N–H and O–H groups in total. The number of benzene rings is 3. The zero-order valence-corrected chi connectivity index (χ0v) is 77.0. The molecule has 0 saturated carbocycles. The van der Waals surface area contributed by atoms with Crippen LogP contribution in [0.1, 0.15) is 67.2 Å². The van der Waals surface area contributed by atoms with E-state index in [0.29, 0.717) is 51.2 Å². The van der Waals surface area contributed by atoms with E-state index in [4.69, 9.17) is 74.0 Å². The molecule has 0 radical (unpaired) electrons. The molecule has 8 rings (SSSR count). The SMILES string of the molecule is C.C.C.C.C=CCOc1cc(CN(C(=O)OCC)c2nc(OCC=C)nc(N)c2[N+](=O)[O-])cc(OC)c1.CCOC(=O)N1Cc2cc(OC)cc(c2)OC/C=C/COc2nc(N)c([N+](=O)[O-])c1n2.CCOC(=O)N1Cc2cc(OC)cc(c2)OC/C=C\COc2nc(N)c([N+](=O)[O-])c1n2.[K][K].[K][K].[K][K]. The molecule has 3 aromatic carbocycles. The van der Waals surface area contributed by atoms with Crippen molar-refractivity contribution < 1.29 is 86.0 Å². The molecule has 0 atom stereocenters. The Hall–Kier alpha value is -2.71. The number of hydrogen-bond acceptors (Lipinski definition) is 30. The van der Waals surface area contributed by atoms with Crippen LogP contribution in [-0.4, -0.2) is 333 Å². The molecule has 2 aliphatic rings. The van der Waals surface area contributed by atoms with E-state index in [1.165, 1.54) is 217 Å². The summed E-state index contributed by atoms with van der Waals surface area (Å²) in [7, 11) is 4.45. The molecule has 3 aromatic heterocycles. The van der Waals surface area contributed by atoms with Gasteiger partial charge in [0.2, 0.25) is 34.9 Å². The number of aromatic nitrogens is 6. The van der Waals surface area contributed by atoms with Crippen molar-refractivity contribution in [3.8, 4) is 52.5 Å². The number of anilines is 6. The van der Waals surface area contributed by atoms with Gasteiger partial charge in [0, 0.05) is 18.2 Å². The summed E-state index contributed by atoms with van der Waals surface area (Å²) in [6.45, 7) is 12.5. The second-order valence-electron chi connectivity index (χ2n) is 18.8. The van der Waals surface area contributed by atoms with Crippen molar-refractivity contribution in [1.82, 2.24) is 29.9 Å². The Kier molecular flexibility index (Phi) is 57.8. The fourth-order valence-electron chi connectivity index (χ4n) is 8.29. The molecule has 8 bridgehead atoms. The molecule has 0 fully saturated rings. The Balaban J connectivity index is 0. The third-order valence-electron chi connectivity index (χ3n) is 12.3. The summed E-state index contributed by atoms with van der Waals surface area (Å²) in [5.41, 5.74) is 17.1. The molecular weight excluding hydrogens is 1540 g/mol. The summed E-state index contributed by atoms with van der Waals surface area (Å²) in [6, 6.07) is 14.3. The molecule has 0 saturated heterocycles. The van der Waals surface area contributed by atoms with Gasteiger partial charge in [-0.3, -0.25) is 45.0 Å². The third-order valence-corrected chi connectivity index (χ3v) is 12.3. The second kappa shape index (κ2) is 58.2. The van der Waals surface area contributed by atoms with Crippen molar-refractivity contribution in [2.24, 2.45) is 0 Å². The molecule has 5 heterocycles. The Morgan fingerprint density at radius 3 is 1.30 bits per heavy atom. The van der Waals surface area contributed by atoms with Crippen LogP contribution >= 0.6 is 0 Å². The Morgan fingerprint density at radius 2 is 0.905 bits per heavy atom. The van der Waals surface area contributed by atoms with Gasteiger partial charge in [0.1, 0.15) is 74.1 Å². The minimum absolute atomic E-state index is 0. The van der Waals surface area contributed by atoms with Gasteiger partial charge in [-0.05, 0) is 98.2 Å². The van der Waals surface area contributed by atoms with Crippen LogP contribution in [-0.2, 0) is 33.8 Å². The van der Waals surface area contributed by atoms with Gasteiger partial charge in [-0.2, -0.15) is 29.9 Å². The van der Waals surface area contributed by atoms with E-state index in [1.54, 1.807) is 106 Å². The number of hydrogen-bond donors (Lipinski definition) is 3. The molecule has 36 nitrogen and oxygen atoms in total. The summed E-state index contributed by atoms with van der Waals surface area (Å²) in [4.78, 5) is 97.7. The third kappa shape index (κ3) is 34.4. The minimum atomic E-state index is -0.884. The van der Waals surface area contributed by atoms with Crippen LogP contribution in [0.15, 0.2) is 104 Å². The van der Waals surface area contributed by atoms with Gasteiger partial charge in [-0.25, -0.2) is 14.4 Å². The molecule has 0 aliphatic carbocycles. The van der Waals surface area contributed by atoms with Crippen molar-refractivity contribution in [2.75, 3.05) is 113 Å². The van der Waals surface area contributed by atoms with Gasteiger partial charge in [-0.1, -0.05) is 55.0 Å². The molecule has 0 spiro atoms. The van der Waals surface area contributed by atoms with E-state index >= 15 is 0 Å². The average Bonchev–Trinajstić information content (AvgIpc) is 0.802. The fourth-order valence-corrected chi connectivity index (χ4v) is 8.29. The number of carbonyl (C=O) groups is 3. The fraction of sp³-hybridized carbons (Fsp3) is 0.349. The zero-order valence-electron chi connectivity index (χ0n) is 58.2. The quantitative estimate of drug-likeness (QED) is 0.0239. The van der Waals surface area contributed by atoms with E-state index in [0.717, 1.165) is 14.7 Å². The standard InChI is InChI=1S/C21H25N5O7.2C19H21N5O7.4CH4.6K/c1-5-8-32-16-11-14(10-15(12-16)30-4)13-25(21(27)31-7-3)19-17(26(28)29)18(22)23-20(24-19)33-9-6-2;2*1-3-29-19(25)23-11-12-8-13(28-2)10-14(9-12)30-6-4-5-7-31-18-21-16(20)15(24(26)27)17(23)22-18;;;;;;;;;;/h5-6,10-12H,1-2,7-9,13H2,3-4H3,(H2,22,23,24);2*4-5,8-10H,3,6-7,11H2,1-2H3,(H2,20,21,22);4*1H4;;;;;;/b;5-4+;5-4-;;;;;;;;;;. The van der Waals surface area contributed by atoms with Crippen LogP contribution < -0.4 is 74.5 Å². The Bertz CT molecular complexity index is 3690. The first-order chi connectivity index (χ1) is 48.7. The molecule has 105 heavy (non-hydrogen) atoms. The van der Waals surface area contributed by atoms with Gasteiger partial charge in [0.15, 0.2) is 0 Å². The van der Waals surface area contributed by atoms with Crippen LogP contribution in [0, 0.1) is 30.3 Å². The van der Waals surface area contributed by atoms with Crippen molar-refractivity contribution >= 4 is 260 Å². The molecule has 0 unspecified atom stereocenters. The Morgan fingerprint density at radius 1 is 0.524 bits per heavy atom. The van der Waals surface area contributed by atoms with Gasteiger partial charge in [0.05, 0.1) is 75.6 Å². The molecule has 3 amide bonds. The number of fused-ring (bicyclic) bond motifs is 8. The van der Waals surface area contributed by atoms with Gasteiger partial charge in [-0.15, -0.1) is 0 Å². The number of nitro groups is 3. The summed E-state index contributed by atoms with van der Waals surface area (Å²) in [6.07, 6.45) is 7.19. The maximum absolute atomic E-state index is 12.8. The number of carbonyl (C=O) groups excluding carboxylic acids is 3. The molecular formula is C63H83K6N15O21. The van der Waals surface area contributed by atoms with E-state index in [1.807, 2.05) is 0 Å². The summed E-state index contributed by atoms with van der Waals surface area (Å²) < 4.78 is 64.3. The first-order valence-electron chi connectivity index (χ1n) is 31.3. The summed E-state index contributed by atoms with van der Waals surface area (Å²) in [5.74, 6) is 0.379. The summed E-state index contributed by atoms with van der Waals surface area (Å²) >= 11 is 7.50. The van der Waals surface area contributed by atoms with Crippen molar-refractivity contribution in [3.63, 3.8) is 0 Å².